The van der Waals surface area contributed by atoms with Crippen LogP contribution in [0, 0.1) is 6.57 Å². The van der Waals surface area contributed by atoms with E-state index >= 15 is 0 Å². The van der Waals surface area contributed by atoms with Crippen molar-refractivity contribution in [2.75, 3.05) is 37.8 Å². The van der Waals surface area contributed by atoms with Gasteiger partial charge in [0.05, 0.1) is 6.57 Å². The van der Waals surface area contributed by atoms with Crippen molar-refractivity contribution in [3.63, 3.8) is 0 Å². The number of nitrogens with one attached hydrogen (secondary N) is 2. The van der Waals surface area contributed by atoms with Gasteiger partial charge in [0.15, 0.2) is 5.82 Å². The summed E-state index contributed by atoms with van der Waals surface area (Å²) in [7, 11) is 3.98. The summed E-state index contributed by atoms with van der Waals surface area (Å²) >= 11 is 0. The van der Waals surface area contributed by atoms with Crippen molar-refractivity contribution < 1.29 is 4.79 Å². The van der Waals surface area contributed by atoms with E-state index < -0.39 is 5.91 Å². The maximum Gasteiger partial charge on any atom is 0.273 e. The second kappa shape index (κ2) is 9.44. The van der Waals surface area contributed by atoms with Crippen LogP contribution in [0.1, 0.15) is 10.5 Å². The Hall–Kier alpha value is -3.76. The summed E-state index contributed by atoms with van der Waals surface area (Å²) in [4.78, 5) is 27.4. The van der Waals surface area contributed by atoms with Crippen molar-refractivity contribution in [1.29, 1.82) is 0 Å². The molecule has 0 fully saturated rings. The average Bonchev–Trinajstić information content (AvgIpc) is 2.74. The first-order chi connectivity index (χ1) is 14.1. The van der Waals surface area contributed by atoms with E-state index in [1.54, 1.807) is 30.3 Å². The van der Waals surface area contributed by atoms with Crippen molar-refractivity contribution in [3.05, 3.63) is 77.8 Å². The van der Waals surface area contributed by atoms with Crippen molar-refractivity contribution in [2.24, 2.45) is 0 Å². The SMILES string of the molecule is [C-]#[N+]c1ccccc1NC(=O)c1cc(NCCN(C)C)nc(-c2ccccc2)n1. The van der Waals surface area contributed by atoms with E-state index in [2.05, 4.69) is 30.3 Å². The van der Waals surface area contributed by atoms with Crippen LogP contribution < -0.4 is 10.6 Å². The van der Waals surface area contributed by atoms with Gasteiger partial charge in [0, 0.05) is 30.4 Å². The molecule has 1 heterocycles. The molecule has 0 aliphatic rings. The van der Waals surface area contributed by atoms with Gasteiger partial charge in [0.25, 0.3) is 5.91 Å². The molecule has 2 N–H and O–H groups in total. The predicted molar refractivity (Wildman–Crippen MR) is 115 cm³/mol. The largest absolute Gasteiger partial charge is 0.369 e. The summed E-state index contributed by atoms with van der Waals surface area (Å²) in [5.74, 6) is 0.643. The van der Waals surface area contributed by atoms with Gasteiger partial charge < -0.3 is 15.5 Å². The zero-order chi connectivity index (χ0) is 20.6. The molecule has 146 valence electrons. The Morgan fingerprint density at radius 2 is 1.79 bits per heavy atom. The molecule has 1 aromatic heterocycles. The Morgan fingerprint density at radius 1 is 1.07 bits per heavy atom. The van der Waals surface area contributed by atoms with Crippen molar-refractivity contribution in [1.82, 2.24) is 14.9 Å². The fourth-order valence-corrected chi connectivity index (χ4v) is 2.64. The summed E-state index contributed by atoms with van der Waals surface area (Å²) in [6.07, 6.45) is 0. The maximum atomic E-state index is 12.9. The van der Waals surface area contributed by atoms with E-state index in [1.807, 2.05) is 44.4 Å². The third kappa shape index (κ3) is 5.37. The zero-order valence-corrected chi connectivity index (χ0v) is 16.4. The summed E-state index contributed by atoms with van der Waals surface area (Å²) in [5, 5.41) is 6.03. The molecule has 0 unspecified atom stereocenters. The highest BCUT2D eigenvalue weighted by Crippen LogP contribution is 2.25. The highest BCUT2D eigenvalue weighted by molar-refractivity contribution is 6.05. The van der Waals surface area contributed by atoms with Gasteiger partial charge in [-0.1, -0.05) is 48.5 Å². The molecule has 0 saturated carbocycles. The first-order valence-electron chi connectivity index (χ1n) is 9.18. The summed E-state index contributed by atoms with van der Waals surface area (Å²) in [6.45, 7) is 8.76. The van der Waals surface area contributed by atoms with E-state index in [-0.39, 0.29) is 5.69 Å². The molecule has 7 nitrogen and oxygen atoms in total. The minimum atomic E-state index is -0.392. The number of amides is 1. The number of para-hydroxylation sites is 2. The Labute approximate surface area is 170 Å². The number of benzene rings is 2. The Morgan fingerprint density at radius 3 is 2.52 bits per heavy atom. The molecular formula is C22H22N6O. The quantitative estimate of drug-likeness (QED) is 0.602. The van der Waals surface area contributed by atoms with E-state index in [0.717, 1.165) is 12.1 Å². The highest BCUT2D eigenvalue weighted by Gasteiger charge is 2.15. The first-order valence-corrected chi connectivity index (χ1v) is 9.18. The Kier molecular flexibility index (Phi) is 6.51. The molecule has 7 heteroatoms. The lowest BCUT2D eigenvalue weighted by atomic mass is 10.2. The molecule has 3 aromatic rings. The molecule has 0 radical (unpaired) electrons. The number of carbonyl (C=O) groups is 1. The molecule has 0 atom stereocenters. The topological polar surface area (TPSA) is 74.5 Å². The molecule has 0 bridgehead atoms. The molecule has 0 aliphatic carbocycles. The number of hydrogen-bond donors (Lipinski definition) is 2. The normalized spacial score (nSPS) is 10.4. The highest BCUT2D eigenvalue weighted by atomic mass is 16.1. The number of nitrogens with zero attached hydrogens (tertiary/aromatic N) is 4. The monoisotopic (exact) mass is 386 g/mol. The lowest BCUT2D eigenvalue weighted by molar-refractivity contribution is 0.102. The fourth-order valence-electron chi connectivity index (χ4n) is 2.64. The lowest BCUT2D eigenvalue weighted by Gasteiger charge is -2.13. The molecule has 0 aliphatic heterocycles. The summed E-state index contributed by atoms with van der Waals surface area (Å²) in [5.41, 5.74) is 1.88. The number of likely N-dealkylation sites (N-methyl/N-ethyl adjacent to an activating group) is 1. The second-order valence-electron chi connectivity index (χ2n) is 6.64. The van der Waals surface area contributed by atoms with Gasteiger partial charge in [-0.05, 0) is 20.2 Å². The second-order valence-corrected chi connectivity index (χ2v) is 6.64. The molecule has 1 amide bonds. The van der Waals surface area contributed by atoms with E-state index in [4.69, 9.17) is 6.57 Å². The molecule has 29 heavy (non-hydrogen) atoms. The predicted octanol–water partition coefficient (Wildman–Crippen LogP) is 3.92. The Bertz CT molecular complexity index is 1030. The van der Waals surface area contributed by atoms with Crippen LogP contribution in [0.15, 0.2) is 60.7 Å². The molecular weight excluding hydrogens is 364 g/mol. The van der Waals surface area contributed by atoms with Gasteiger partial charge in [-0.25, -0.2) is 14.8 Å². The molecule has 0 saturated heterocycles. The number of carbonyl (C=O) groups excluding carboxylic acids is 1. The third-order valence-corrected chi connectivity index (χ3v) is 4.13. The van der Waals surface area contributed by atoms with Crippen LogP contribution in [0.4, 0.5) is 17.2 Å². The molecule has 3 rings (SSSR count). The van der Waals surface area contributed by atoms with Crippen molar-refractivity contribution in [3.8, 4) is 11.4 Å². The van der Waals surface area contributed by atoms with Gasteiger partial charge in [-0.15, -0.1) is 0 Å². The van der Waals surface area contributed by atoms with Gasteiger partial charge in [-0.3, -0.25) is 4.79 Å². The number of rotatable bonds is 7. The minimum Gasteiger partial charge on any atom is -0.369 e. The van der Waals surface area contributed by atoms with E-state index in [1.165, 1.54) is 0 Å². The number of anilines is 2. The van der Waals surface area contributed by atoms with E-state index in [0.29, 0.717) is 29.6 Å². The summed E-state index contributed by atoms with van der Waals surface area (Å²) in [6, 6.07) is 18.0. The number of hydrogen-bond acceptors (Lipinski definition) is 5. The first kappa shape index (κ1) is 20.0. The van der Waals surface area contributed by atoms with Crippen molar-refractivity contribution in [2.45, 2.75) is 0 Å². The van der Waals surface area contributed by atoms with Crippen LogP contribution >= 0.6 is 0 Å². The van der Waals surface area contributed by atoms with Crippen molar-refractivity contribution >= 4 is 23.1 Å². The Balaban J connectivity index is 1.91. The van der Waals surface area contributed by atoms with Crippen LogP contribution in [-0.4, -0.2) is 48.0 Å². The standard InChI is InChI=1S/C22H22N6O/c1-23-17-11-7-8-12-18(17)26-22(29)19-15-20(24-13-14-28(2)3)27-21(25-19)16-9-5-4-6-10-16/h4-12,15H,13-14H2,2-3H3,(H,26,29)(H,24,25,27). The fraction of sp³-hybridized carbons (Fsp3) is 0.182. The number of aromatic nitrogens is 2. The van der Waals surface area contributed by atoms with Gasteiger partial charge in [0.2, 0.25) is 5.69 Å². The van der Waals surface area contributed by atoms with Crippen LogP contribution in [0.3, 0.4) is 0 Å². The maximum absolute atomic E-state index is 12.9. The minimum absolute atomic E-state index is 0.228. The van der Waals surface area contributed by atoms with E-state index in [9.17, 15) is 4.79 Å². The average molecular weight is 386 g/mol. The summed E-state index contributed by atoms with van der Waals surface area (Å²) < 4.78 is 0. The van der Waals surface area contributed by atoms with Gasteiger partial charge >= 0.3 is 0 Å². The molecule has 0 spiro atoms. The third-order valence-electron chi connectivity index (χ3n) is 4.13. The van der Waals surface area contributed by atoms with Gasteiger partial charge in [-0.2, -0.15) is 0 Å². The van der Waals surface area contributed by atoms with Crippen LogP contribution in [0.25, 0.3) is 16.2 Å². The smallest absolute Gasteiger partial charge is 0.273 e. The van der Waals surface area contributed by atoms with Crippen LogP contribution in [0.2, 0.25) is 0 Å². The lowest BCUT2D eigenvalue weighted by Crippen LogP contribution is -2.22. The van der Waals surface area contributed by atoms with Crippen LogP contribution in [0.5, 0.6) is 0 Å². The molecule has 2 aromatic carbocycles. The zero-order valence-electron chi connectivity index (χ0n) is 16.4. The van der Waals surface area contributed by atoms with Crippen LogP contribution in [-0.2, 0) is 0 Å². The van der Waals surface area contributed by atoms with Gasteiger partial charge in [0.1, 0.15) is 11.5 Å².